The molecule has 2 aromatic heterocycles. The minimum atomic E-state index is -0.434. The van der Waals surface area contributed by atoms with Crippen molar-refractivity contribution in [3.8, 4) is 0 Å². The minimum absolute atomic E-state index is 0.118. The molecule has 2 amide bonds. The Bertz CT molecular complexity index is 1300. The molecule has 5 rings (SSSR count). The smallest absolute Gasteiger partial charge is 0.326 e. The van der Waals surface area contributed by atoms with Crippen LogP contribution < -0.4 is 16.4 Å². The van der Waals surface area contributed by atoms with E-state index in [9.17, 15) is 4.79 Å². The van der Waals surface area contributed by atoms with Crippen LogP contribution in [0.5, 0.6) is 0 Å². The van der Waals surface area contributed by atoms with E-state index in [1.807, 2.05) is 50.0 Å². The zero-order chi connectivity index (χ0) is 23.9. The number of urea groups is 1. The van der Waals surface area contributed by atoms with E-state index in [4.69, 9.17) is 14.7 Å². The van der Waals surface area contributed by atoms with E-state index >= 15 is 0 Å². The summed E-state index contributed by atoms with van der Waals surface area (Å²) in [4.78, 5) is 20.6. The summed E-state index contributed by atoms with van der Waals surface area (Å²) in [5, 5.41) is 15.6. The van der Waals surface area contributed by atoms with Gasteiger partial charge in [-0.1, -0.05) is 38.1 Å². The summed E-state index contributed by atoms with van der Waals surface area (Å²) in [6.07, 6.45) is 4.53. The highest BCUT2D eigenvalue weighted by molar-refractivity contribution is 6.09. The molecule has 0 saturated carbocycles. The van der Waals surface area contributed by atoms with Gasteiger partial charge in [0.05, 0.1) is 24.4 Å². The molecule has 0 saturated heterocycles. The van der Waals surface area contributed by atoms with Gasteiger partial charge in [0.2, 0.25) is 5.88 Å². The van der Waals surface area contributed by atoms with Gasteiger partial charge in [-0.15, -0.1) is 0 Å². The van der Waals surface area contributed by atoms with Crippen LogP contribution in [0, 0.1) is 0 Å². The molecule has 2 aliphatic heterocycles. The first-order chi connectivity index (χ1) is 16.3. The highest BCUT2D eigenvalue weighted by Gasteiger charge is 2.38. The molecular weight excluding hydrogens is 436 g/mol. The van der Waals surface area contributed by atoms with E-state index in [0.29, 0.717) is 23.8 Å². The number of carbonyl (C=O) groups is 1. The van der Waals surface area contributed by atoms with Crippen molar-refractivity contribution in [1.29, 1.82) is 0 Å². The molecule has 3 aromatic rings. The van der Waals surface area contributed by atoms with Crippen molar-refractivity contribution in [1.82, 2.24) is 15.1 Å². The molecule has 0 radical (unpaired) electrons. The largest absolute Gasteiger partial charge is 0.448 e. The summed E-state index contributed by atoms with van der Waals surface area (Å²) in [5.41, 5.74) is 9.96. The van der Waals surface area contributed by atoms with Crippen molar-refractivity contribution in [3.05, 3.63) is 65.6 Å². The molecule has 11 heteroatoms. The number of fused-ring (bicyclic) bond motifs is 1. The number of aromatic nitrogens is 2. The summed E-state index contributed by atoms with van der Waals surface area (Å²) in [5.74, 6) is 1.25. The number of carbonyl (C=O) groups excluding carboxylic acids is 1. The number of nitrogens with one attached hydrogen (secondary N) is 2. The van der Waals surface area contributed by atoms with Crippen molar-refractivity contribution in [2.24, 2.45) is 15.8 Å². The van der Waals surface area contributed by atoms with E-state index < -0.39 is 6.03 Å². The third-order valence-corrected chi connectivity index (χ3v) is 5.61. The van der Waals surface area contributed by atoms with E-state index in [1.54, 1.807) is 12.3 Å². The van der Waals surface area contributed by atoms with Gasteiger partial charge in [-0.2, -0.15) is 5.10 Å². The Morgan fingerprint density at radius 3 is 2.68 bits per heavy atom. The molecule has 174 valence electrons. The molecule has 11 nitrogen and oxygen atoms in total. The second kappa shape index (κ2) is 8.18. The van der Waals surface area contributed by atoms with Crippen LogP contribution in [0.1, 0.15) is 43.7 Å². The van der Waals surface area contributed by atoms with Gasteiger partial charge >= 0.3 is 6.03 Å². The van der Waals surface area contributed by atoms with Crippen LogP contribution in [0.3, 0.4) is 0 Å². The van der Waals surface area contributed by atoms with E-state index in [-0.39, 0.29) is 17.2 Å². The molecule has 0 aliphatic carbocycles. The zero-order valence-corrected chi connectivity index (χ0v) is 18.9. The van der Waals surface area contributed by atoms with Gasteiger partial charge in [0, 0.05) is 22.7 Å². The minimum Gasteiger partial charge on any atom is -0.448 e. The Morgan fingerprint density at radius 1 is 1.21 bits per heavy atom. The summed E-state index contributed by atoms with van der Waals surface area (Å²) >= 11 is 0. The van der Waals surface area contributed by atoms with Crippen molar-refractivity contribution in [2.75, 3.05) is 17.2 Å². The number of anilines is 2. The average Bonchev–Trinajstić information content (AvgIpc) is 3.53. The summed E-state index contributed by atoms with van der Waals surface area (Å²) in [6.45, 7) is 6.61. The fraction of sp³-hybridized carbons (Fsp3) is 0.261. The van der Waals surface area contributed by atoms with Crippen molar-refractivity contribution in [2.45, 2.75) is 32.1 Å². The first-order valence-corrected chi connectivity index (χ1v) is 10.7. The third kappa shape index (κ3) is 4.03. The maximum absolute atomic E-state index is 12.4. The lowest BCUT2D eigenvalue weighted by molar-refractivity contribution is 0.261. The van der Waals surface area contributed by atoms with Gasteiger partial charge in [0.25, 0.3) is 0 Å². The number of nitrogens with zero attached hydrogens (tertiary/aromatic N) is 5. The third-order valence-electron chi connectivity index (χ3n) is 5.61. The normalized spacial score (nSPS) is 17.6. The average molecular weight is 460 g/mol. The number of hydrogen-bond donors (Lipinski definition) is 3. The highest BCUT2D eigenvalue weighted by Crippen LogP contribution is 2.43. The van der Waals surface area contributed by atoms with Crippen LogP contribution in [-0.4, -0.2) is 39.9 Å². The first-order valence-electron chi connectivity index (χ1n) is 10.7. The lowest BCUT2D eigenvalue weighted by Crippen LogP contribution is -2.28. The van der Waals surface area contributed by atoms with Crippen LogP contribution in [0.4, 0.5) is 16.4 Å². The number of oxazole rings is 1. The second-order valence-electron chi connectivity index (χ2n) is 9.03. The molecular formula is C23H24N8O3. The molecule has 1 atom stereocenters. The first kappa shape index (κ1) is 21.4. The number of rotatable bonds is 4. The monoisotopic (exact) mass is 460 g/mol. The molecule has 0 fully saturated rings. The SMILES string of the molecule is CC(C)(C)c1cc(NC(=O)Nc2ccc(C3=C4C(N)=NC=NN4CC3c3cnco3)cc2)on1. The van der Waals surface area contributed by atoms with Crippen molar-refractivity contribution < 1.29 is 13.7 Å². The summed E-state index contributed by atoms with van der Waals surface area (Å²) < 4.78 is 10.8. The maximum atomic E-state index is 12.4. The Morgan fingerprint density at radius 2 is 2.00 bits per heavy atom. The fourth-order valence-corrected chi connectivity index (χ4v) is 3.91. The van der Waals surface area contributed by atoms with Gasteiger partial charge < -0.3 is 20.0 Å². The molecule has 34 heavy (non-hydrogen) atoms. The molecule has 2 aliphatic rings. The van der Waals surface area contributed by atoms with Crippen LogP contribution in [-0.2, 0) is 5.41 Å². The number of nitrogens with two attached hydrogens (primary N) is 1. The standard InChI is InChI=1S/C23H24N8O3/c1-23(2,3)17-8-18(34-30-17)29-22(32)28-14-6-4-13(5-7-14)19-15(16-9-25-12-33-16)10-31-20(19)21(24)26-11-27-31/h4-9,11-12,15H,10H2,1-3H3,(H2,24,26,27)(H2,28,29,32). The number of amides is 2. The van der Waals surface area contributed by atoms with Gasteiger partial charge in [0.15, 0.2) is 12.2 Å². The van der Waals surface area contributed by atoms with E-state index in [0.717, 1.165) is 22.5 Å². The second-order valence-corrected chi connectivity index (χ2v) is 9.03. The Balaban J connectivity index is 1.35. The molecule has 4 heterocycles. The maximum Gasteiger partial charge on any atom is 0.326 e. The molecule has 1 aromatic carbocycles. The quantitative estimate of drug-likeness (QED) is 0.537. The molecule has 1 unspecified atom stereocenters. The van der Waals surface area contributed by atoms with Gasteiger partial charge in [-0.25, -0.2) is 14.8 Å². The van der Waals surface area contributed by atoms with Crippen LogP contribution in [0.15, 0.2) is 67.7 Å². The number of benzene rings is 1. The summed E-state index contributed by atoms with van der Waals surface area (Å²) in [6, 6.07) is 8.71. The number of amidine groups is 1. The van der Waals surface area contributed by atoms with Crippen molar-refractivity contribution in [3.63, 3.8) is 0 Å². The Kier molecular flexibility index (Phi) is 5.16. The van der Waals surface area contributed by atoms with Crippen LogP contribution >= 0.6 is 0 Å². The van der Waals surface area contributed by atoms with E-state index in [1.165, 1.54) is 12.7 Å². The summed E-state index contributed by atoms with van der Waals surface area (Å²) in [7, 11) is 0. The molecule has 0 spiro atoms. The fourth-order valence-electron chi connectivity index (χ4n) is 3.91. The van der Waals surface area contributed by atoms with Gasteiger partial charge in [-0.05, 0) is 17.7 Å². The number of aliphatic imine (C=N–C) groups is 1. The Labute approximate surface area is 195 Å². The predicted octanol–water partition coefficient (Wildman–Crippen LogP) is 3.73. The van der Waals surface area contributed by atoms with Gasteiger partial charge in [0.1, 0.15) is 17.8 Å². The van der Waals surface area contributed by atoms with Crippen LogP contribution in [0.25, 0.3) is 5.57 Å². The van der Waals surface area contributed by atoms with Crippen LogP contribution in [0.2, 0.25) is 0 Å². The van der Waals surface area contributed by atoms with E-state index in [2.05, 4.69) is 30.9 Å². The predicted molar refractivity (Wildman–Crippen MR) is 127 cm³/mol. The lowest BCUT2D eigenvalue weighted by Gasteiger charge is -2.18. The number of hydrazone groups is 1. The lowest BCUT2D eigenvalue weighted by atomic mass is 9.91. The topological polar surface area (TPSA) is 147 Å². The molecule has 0 bridgehead atoms. The highest BCUT2D eigenvalue weighted by atomic mass is 16.5. The number of hydrogen-bond acceptors (Lipinski definition) is 9. The molecule has 4 N–H and O–H groups in total. The zero-order valence-electron chi connectivity index (χ0n) is 18.9. The Hall–Kier alpha value is -4.41. The van der Waals surface area contributed by atoms with Gasteiger partial charge in [-0.3, -0.25) is 10.3 Å². The van der Waals surface area contributed by atoms with Crippen molar-refractivity contribution >= 4 is 35.3 Å².